The van der Waals surface area contributed by atoms with Crippen LogP contribution in [0.1, 0.15) is 0 Å². The summed E-state index contributed by atoms with van der Waals surface area (Å²) in [5, 5.41) is 0.197. The molecule has 8 rings (SSSR count). The zero-order valence-electron chi connectivity index (χ0n) is 14.3. The molecule has 26 heavy (non-hydrogen) atoms. The fraction of sp³-hybridized carbons (Fsp3) is 0.565. The van der Waals surface area contributed by atoms with Crippen molar-refractivity contribution in [1.82, 2.24) is 0 Å². The maximum Gasteiger partial charge on any atom is 0.141 e. The van der Waals surface area contributed by atoms with Gasteiger partial charge in [0, 0.05) is 33.8 Å². The monoisotopic (exact) mass is 360 g/mol. The average molecular weight is 360 g/mol. The lowest BCUT2D eigenvalue weighted by Crippen LogP contribution is -2.35. The van der Waals surface area contributed by atoms with Crippen LogP contribution in [0.25, 0.3) is 0 Å². The first-order chi connectivity index (χ1) is 12.8. The number of carbonyl (C=O) groups excluding carboxylic acids is 2. The van der Waals surface area contributed by atoms with Crippen molar-refractivity contribution in [3.63, 3.8) is 0 Å². The van der Waals surface area contributed by atoms with Gasteiger partial charge in [-0.2, -0.15) is 0 Å². The van der Waals surface area contributed by atoms with E-state index in [0.29, 0.717) is 70.7 Å². The number of allylic oxidation sites excluding steroid dienone is 2. The zero-order chi connectivity index (χ0) is 16.9. The van der Waals surface area contributed by atoms with Gasteiger partial charge in [0.05, 0.1) is 0 Å². The van der Waals surface area contributed by atoms with Crippen LogP contribution >= 0.6 is 11.8 Å². The molecule has 2 nitrogen and oxygen atoms in total. The van der Waals surface area contributed by atoms with E-state index in [2.05, 4.69) is 36.4 Å². The molecule has 0 amide bonds. The van der Waals surface area contributed by atoms with Gasteiger partial charge in [0.1, 0.15) is 11.6 Å². The van der Waals surface area contributed by atoms with E-state index in [-0.39, 0.29) is 17.1 Å². The van der Waals surface area contributed by atoms with E-state index in [0.717, 1.165) is 0 Å². The number of carbonyl (C=O) groups is 2. The van der Waals surface area contributed by atoms with Crippen molar-refractivity contribution in [3.05, 3.63) is 42.5 Å². The molecular formula is C23H20O2S. The van der Waals surface area contributed by atoms with Gasteiger partial charge in [0.25, 0.3) is 0 Å². The van der Waals surface area contributed by atoms with Crippen molar-refractivity contribution in [1.29, 1.82) is 0 Å². The van der Waals surface area contributed by atoms with Gasteiger partial charge in [0.15, 0.2) is 0 Å². The summed E-state index contributed by atoms with van der Waals surface area (Å²) < 4.78 is 0. The number of fused-ring (bicyclic) bond motifs is 2. The summed E-state index contributed by atoms with van der Waals surface area (Å²) in [6.07, 6.45) is 4.71. The van der Waals surface area contributed by atoms with Crippen LogP contribution in [0.5, 0.6) is 0 Å². The molecule has 3 heteroatoms. The number of Topliss-reactive ketones (excluding diaryl/α,β-unsaturated/α-hetero) is 2. The lowest BCUT2D eigenvalue weighted by Gasteiger charge is -2.28. The van der Waals surface area contributed by atoms with E-state index < -0.39 is 0 Å². The van der Waals surface area contributed by atoms with Crippen LogP contribution in [-0.2, 0) is 9.59 Å². The largest absolute Gasteiger partial charge is 0.299 e. The molecule has 0 radical (unpaired) electrons. The van der Waals surface area contributed by atoms with E-state index in [1.165, 1.54) is 4.90 Å². The standard InChI is InChI=1S/C23H20O2S/c24-21-12-9-6-7-10-11(9)14-15(12)17-18-16(14)13(10)22(25)20(18)23(19(17)21)26-8-4-2-1-3-5-8/h1-7,9-20,23H/t9-,10-,11?,12-,13+,14?,15-,16-,17+,18-,19-,20+,23?/m0/s1. The highest BCUT2D eigenvalue weighted by atomic mass is 32.2. The minimum absolute atomic E-state index is 0.147. The van der Waals surface area contributed by atoms with Crippen molar-refractivity contribution in [2.75, 3.05) is 0 Å². The van der Waals surface area contributed by atoms with Crippen molar-refractivity contribution >= 4 is 23.3 Å². The molecular weight excluding hydrogens is 340 g/mol. The number of ketones is 2. The quantitative estimate of drug-likeness (QED) is 0.759. The fourth-order valence-corrected chi connectivity index (χ4v) is 11.1. The molecule has 6 fully saturated rings. The molecule has 0 aliphatic heterocycles. The van der Waals surface area contributed by atoms with Gasteiger partial charge in [-0.1, -0.05) is 30.4 Å². The van der Waals surface area contributed by atoms with Crippen LogP contribution in [0.2, 0.25) is 0 Å². The van der Waals surface area contributed by atoms with E-state index >= 15 is 0 Å². The topological polar surface area (TPSA) is 34.1 Å². The molecule has 13 atom stereocenters. The molecule has 130 valence electrons. The summed E-state index contributed by atoms with van der Waals surface area (Å²) in [7, 11) is 0. The van der Waals surface area contributed by atoms with Gasteiger partial charge in [-0.25, -0.2) is 0 Å². The molecule has 7 aliphatic rings. The lowest BCUT2D eigenvalue weighted by atomic mass is 9.79. The van der Waals surface area contributed by atoms with Gasteiger partial charge >= 0.3 is 0 Å². The third-order valence-electron chi connectivity index (χ3n) is 9.64. The van der Waals surface area contributed by atoms with Gasteiger partial charge in [-0.3, -0.25) is 9.59 Å². The first kappa shape index (κ1) is 13.8. The number of hydrogen-bond donors (Lipinski definition) is 0. The summed E-state index contributed by atoms with van der Waals surface area (Å²) in [4.78, 5) is 28.4. The molecule has 0 saturated heterocycles. The second-order valence-corrected chi connectivity index (χ2v) is 11.1. The molecule has 0 spiro atoms. The van der Waals surface area contributed by atoms with E-state index in [1.807, 2.05) is 17.8 Å². The summed E-state index contributed by atoms with van der Waals surface area (Å²) >= 11 is 1.84. The van der Waals surface area contributed by atoms with Gasteiger partial charge in [0.2, 0.25) is 0 Å². The Hall–Kier alpha value is -1.35. The van der Waals surface area contributed by atoms with Crippen LogP contribution in [0.4, 0.5) is 0 Å². The minimum atomic E-state index is 0.147. The molecule has 0 N–H and O–H groups in total. The molecule has 6 saturated carbocycles. The second-order valence-electron chi connectivity index (χ2n) is 9.81. The Kier molecular flexibility index (Phi) is 2.15. The SMILES string of the molecule is O=C1[C@H]2[C@H]3C4C5[C@H](C=C[C@@H]52)[C@@H]2C(=O)[C@H]5C(Sc6ccccc6)[C@@H]1[C@@H]3[C@H]5[C@H]42. The first-order valence-corrected chi connectivity index (χ1v) is 11.1. The van der Waals surface area contributed by atoms with Crippen molar-refractivity contribution in [2.45, 2.75) is 10.1 Å². The predicted octanol–water partition coefficient (Wildman–Crippen LogP) is 3.33. The molecule has 1 aromatic carbocycles. The Bertz CT molecular complexity index is 869. The smallest absolute Gasteiger partial charge is 0.141 e. The number of rotatable bonds is 2. The highest BCUT2D eigenvalue weighted by Crippen LogP contribution is 2.83. The van der Waals surface area contributed by atoms with Gasteiger partial charge in [-0.05, 0) is 59.5 Å². The van der Waals surface area contributed by atoms with Crippen LogP contribution in [-0.4, -0.2) is 16.8 Å². The average Bonchev–Trinajstić information content (AvgIpc) is 3.40. The second kappa shape index (κ2) is 4.06. The summed E-state index contributed by atoms with van der Waals surface area (Å²) in [5.41, 5.74) is 0. The Morgan fingerprint density at radius 1 is 0.615 bits per heavy atom. The van der Waals surface area contributed by atoms with Crippen LogP contribution in [0.15, 0.2) is 47.4 Å². The highest BCUT2D eigenvalue weighted by molar-refractivity contribution is 8.00. The summed E-state index contributed by atoms with van der Waals surface area (Å²) in [6.45, 7) is 0. The molecule has 7 aliphatic carbocycles. The maximum absolute atomic E-state index is 13.6. The maximum atomic E-state index is 13.6. The first-order valence-electron chi connectivity index (χ1n) is 10.2. The number of benzene rings is 1. The van der Waals surface area contributed by atoms with Crippen LogP contribution in [0, 0.1) is 71.0 Å². The number of hydrogen-bond acceptors (Lipinski definition) is 3. The Morgan fingerprint density at radius 3 is 1.73 bits per heavy atom. The molecule has 0 bridgehead atoms. The van der Waals surface area contributed by atoms with Crippen molar-refractivity contribution in [2.24, 2.45) is 71.0 Å². The summed E-state index contributed by atoms with van der Waals surface area (Å²) in [5.74, 6) is 6.51. The van der Waals surface area contributed by atoms with Crippen molar-refractivity contribution < 1.29 is 9.59 Å². The fourth-order valence-electron chi connectivity index (χ4n) is 9.60. The third kappa shape index (κ3) is 1.16. The van der Waals surface area contributed by atoms with Gasteiger partial charge in [-0.15, -0.1) is 11.8 Å². The highest BCUT2D eigenvalue weighted by Gasteiger charge is 2.84. The van der Waals surface area contributed by atoms with E-state index in [4.69, 9.17) is 0 Å². The molecule has 3 unspecified atom stereocenters. The van der Waals surface area contributed by atoms with Crippen molar-refractivity contribution in [3.8, 4) is 0 Å². The predicted molar refractivity (Wildman–Crippen MR) is 97.1 cm³/mol. The normalized spacial score (nSPS) is 60.8. The Labute approximate surface area is 156 Å². The summed E-state index contributed by atoms with van der Waals surface area (Å²) in [6, 6.07) is 10.5. The molecule has 0 aromatic heterocycles. The minimum Gasteiger partial charge on any atom is -0.299 e. The van der Waals surface area contributed by atoms with Gasteiger partial charge < -0.3 is 0 Å². The van der Waals surface area contributed by atoms with Crippen LogP contribution < -0.4 is 0 Å². The molecule has 1 aromatic rings. The molecule has 0 heterocycles. The Balaban J connectivity index is 1.33. The lowest BCUT2D eigenvalue weighted by molar-refractivity contribution is -0.127. The Morgan fingerprint density at radius 2 is 1.15 bits per heavy atom. The van der Waals surface area contributed by atoms with E-state index in [9.17, 15) is 9.59 Å². The van der Waals surface area contributed by atoms with Crippen LogP contribution in [0.3, 0.4) is 0 Å². The van der Waals surface area contributed by atoms with E-state index in [1.54, 1.807) is 0 Å². The zero-order valence-corrected chi connectivity index (χ0v) is 15.1. The third-order valence-corrected chi connectivity index (χ3v) is 11.0. The number of thioether (sulfide) groups is 1.